The molecule has 0 heterocycles. The molecule has 0 aliphatic rings. The summed E-state index contributed by atoms with van der Waals surface area (Å²) in [6.45, 7) is 46.7. The van der Waals surface area contributed by atoms with Crippen LogP contribution in [0.1, 0.15) is 0 Å². The van der Waals surface area contributed by atoms with Gasteiger partial charge in [0.05, 0.1) is 0 Å². The van der Waals surface area contributed by atoms with Crippen molar-refractivity contribution in [1.29, 1.82) is 0 Å². The Labute approximate surface area is 214 Å². The summed E-state index contributed by atoms with van der Waals surface area (Å²) in [6, 6.07) is 0. The number of nitrogens with one attached hydrogen (secondary N) is 2. The van der Waals surface area contributed by atoms with Crippen molar-refractivity contribution in [2.45, 2.75) is 98.2 Å². The van der Waals surface area contributed by atoms with Gasteiger partial charge in [0, 0.05) is 52.4 Å². The third kappa shape index (κ3) is 17.1. The third-order valence-corrected chi connectivity index (χ3v) is 15.9. The first-order valence-corrected chi connectivity index (χ1v) is 30.6. The van der Waals surface area contributed by atoms with Crippen molar-refractivity contribution in [2.24, 2.45) is 0 Å². The minimum atomic E-state index is -1.37. The van der Waals surface area contributed by atoms with Gasteiger partial charge in [-0.15, -0.1) is 0 Å². The molecule has 0 aromatic rings. The molecule has 0 amide bonds. The van der Waals surface area contributed by atoms with E-state index < -0.39 is 41.2 Å². The van der Waals surface area contributed by atoms with Crippen LogP contribution in [0, 0.1) is 0 Å². The molecule has 0 spiro atoms. The van der Waals surface area contributed by atoms with Crippen LogP contribution in [-0.2, 0) is 0 Å². The van der Waals surface area contributed by atoms with Crippen molar-refractivity contribution in [3.8, 4) is 0 Å². The molecule has 0 aromatic heterocycles. The zero-order valence-electron chi connectivity index (χ0n) is 25.5. The van der Waals surface area contributed by atoms with Crippen molar-refractivity contribution in [1.82, 2.24) is 23.7 Å². The second kappa shape index (κ2) is 13.4. The van der Waals surface area contributed by atoms with Gasteiger partial charge in [-0.05, 0) is 0 Å². The summed E-state index contributed by atoms with van der Waals surface area (Å²) in [4.78, 5) is 7.68. The summed E-state index contributed by atoms with van der Waals surface area (Å²) < 4.78 is 8.55. The Hall–Kier alpha value is 0.884. The van der Waals surface area contributed by atoms with E-state index in [9.17, 15) is 0 Å². The minimum Gasteiger partial charge on any atom is -0.336 e. The summed E-state index contributed by atoms with van der Waals surface area (Å²) in [5, 5.41) is 0. The van der Waals surface area contributed by atoms with E-state index in [0.29, 0.717) is 0 Å². The highest BCUT2D eigenvalue weighted by molar-refractivity contribution is 6.75. The average molecular weight is 550 g/mol. The van der Waals surface area contributed by atoms with Gasteiger partial charge in [-0.3, -0.25) is 0 Å². The van der Waals surface area contributed by atoms with E-state index in [1.54, 1.807) is 0 Å². The highest BCUT2D eigenvalue weighted by Crippen LogP contribution is 2.15. The van der Waals surface area contributed by atoms with Crippen LogP contribution in [0.3, 0.4) is 0 Å². The Kier molecular flexibility index (Phi) is 13.8. The molecule has 0 bridgehead atoms. The van der Waals surface area contributed by atoms with Gasteiger partial charge in [0.15, 0.2) is 0 Å². The highest BCUT2D eigenvalue weighted by Gasteiger charge is 2.30. The second-order valence-corrected chi connectivity index (χ2v) is 39.5. The molecule has 0 aliphatic heterocycles. The Morgan fingerprint density at radius 3 is 0.758 bits per heavy atom. The molecule has 2 N–H and O–H groups in total. The van der Waals surface area contributed by atoms with E-state index in [-0.39, 0.29) is 0 Å². The first-order chi connectivity index (χ1) is 14.5. The summed E-state index contributed by atoms with van der Waals surface area (Å²) in [5.74, 6) is 0. The summed E-state index contributed by atoms with van der Waals surface area (Å²) in [6.07, 6.45) is 0. The smallest absolute Gasteiger partial charge is 0.119 e. The molecule has 33 heavy (non-hydrogen) atoms. The van der Waals surface area contributed by atoms with Crippen LogP contribution in [0.5, 0.6) is 0 Å². The Bertz CT molecular complexity index is 500. The van der Waals surface area contributed by atoms with Crippen LogP contribution in [0.15, 0.2) is 0 Å². The van der Waals surface area contributed by atoms with Crippen molar-refractivity contribution >= 4 is 41.2 Å². The van der Waals surface area contributed by atoms with E-state index in [2.05, 4.69) is 122 Å². The first kappa shape index (κ1) is 33.9. The fourth-order valence-electron chi connectivity index (χ4n) is 3.96. The number of nitrogens with zero attached hydrogens (tertiary/aromatic N) is 3. The van der Waals surface area contributed by atoms with E-state index in [1.165, 1.54) is 39.3 Å². The minimum absolute atomic E-state index is 1.14. The lowest BCUT2D eigenvalue weighted by Crippen LogP contribution is -2.58. The number of hydrogen-bond acceptors (Lipinski definition) is 5. The van der Waals surface area contributed by atoms with Gasteiger partial charge in [-0.2, -0.15) is 0 Å². The van der Waals surface area contributed by atoms with Crippen LogP contribution < -0.4 is 9.96 Å². The van der Waals surface area contributed by atoms with Crippen molar-refractivity contribution in [2.75, 3.05) is 52.4 Å². The van der Waals surface area contributed by atoms with Crippen LogP contribution in [-0.4, -0.2) is 107 Å². The fraction of sp³-hybridized carbons (Fsp3) is 1.00. The van der Waals surface area contributed by atoms with Gasteiger partial charge in [-0.1, -0.05) is 98.2 Å². The maximum absolute atomic E-state index is 3.84. The van der Waals surface area contributed by atoms with Crippen LogP contribution in [0.4, 0.5) is 0 Å². The lowest BCUT2D eigenvalue weighted by Gasteiger charge is -2.42. The molecule has 0 saturated carbocycles. The molecule has 0 fully saturated rings. The van der Waals surface area contributed by atoms with Gasteiger partial charge >= 0.3 is 0 Å². The van der Waals surface area contributed by atoms with Gasteiger partial charge in [-0.25, -0.2) is 0 Å². The maximum atomic E-state index is 3.84. The molecule has 0 aromatic carbocycles. The molecule has 10 heteroatoms. The van der Waals surface area contributed by atoms with E-state index in [4.69, 9.17) is 0 Å². The molecule has 0 unspecified atom stereocenters. The van der Waals surface area contributed by atoms with Crippen molar-refractivity contribution in [3.05, 3.63) is 0 Å². The Balaban J connectivity index is 5.12. The average Bonchev–Trinajstić information content (AvgIpc) is 2.52. The lowest BCUT2D eigenvalue weighted by atomic mass is 10.5. The van der Waals surface area contributed by atoms with Crippen molar-refractivity contribution < 1.29 is 0 Å². The molecular weight excluding hydrogens is 487 g/mol. The van der Waals surface area contributed by atoms with Crippen molar-refractivity contribution in [3.63, 3.8) is 0 Å². The summed E-state index contributed by atoms with van der Waals surface area (Å²) >= 11 is 0. The van der Waals surface area contributed by atoms with Crippen LogP contribution in [0.2, 0.25) is 98.2 Å². The molecular formula is C23H63N5Si5. The molecule has 0 rings (SSSR count). The van der Waals surface area contributed by atoms with E-state index in [0.717, 1.165) is 13.1 Å². The molecule has 0 radical (unpaired) electrons. The second-order valence-electron chi connectivity index (χ2n) is 14.8. The monoisotopic (exact) mass is 549 g/mol. The third-order valence-electron chi connectivity index (χ3n) is 6.20. The topological polar surface area (TPSA) is 33.8 Å². The summed E-state index contributed by atoms with van der Waals surface area (Å²) in [7, 11) is -6.41. The highest BCUT2D eigenvalue weighted by atomic mass is 28.3. The van der Waals surface area contributed by atoms with E-state index in [1.807, 2.05) is 0 Å². The molecule has 5 nitrogen and oxygen atoms in total. The predicted molar refractivity (Wildman–Crippen MR) is 167 cm³/mol. The SMILES string of the molecule is C[Si](C)(C)NCCN(CCN(CCN(CCN[Si](C)(C)C)[Si](C)(C)C)[Si](C)(C)C)[Si](C)(C)C. The van der Waals surface area contributed by atoms with Crippen LogP contribution in [0.25, 0.3) is 0 Å². The van der Waals surface area contributed by atoms with Gasteiger partial charge < -0.3 is 23.7 Å². The van der Waals surface area contributed by atoms with Gasteiger partial charge in [0.2, 0.25) is 0 Å². The zero-order chi connectivity index (χ0) is 26.3. The predicted octanol–water partition coefficient (Wildman–Crippen LogP) is 5.25. The fourth-order valence-corrected chi connectivity index (χ4v) is 10.3. The maximum Gasteiger partial charge on any atom is 0.119 e. The standard InChI is InChI=1S/C23H63N5Si5/c1-29(2,3)24-16-18-26(31(7,8)9)20-22-28(33(13,14)15)23-21-27(32(10,11)12)19-17-25-30(4,5)6/h24-25H,16-23H2,1-15H3. The van der Waals surface area contributed by atoms with E-state index >= 15 is 0 Å². The molecule has 0 aliphatic carbocycles. The lowest BCUT2D eigenvalue weighted by molar-refractivity contribution is 0.313. The normalized spacial score (nSPS) is 14.7. The number of hydrogen-bond donors (Lipinski definition) is 2. The number of rotatable bonds is 17. The van der Waals surface area contributed by atoms with Crippen LogP contribution >= 0.6 is 0 Å². The quantitative estimate of drug-likeness (QED) is 0.242. The molecule has 0 saturated heterocycles. The van der Waals surface area contributed by atoms with Gasteiger partial charge in [0.25, 0.3) is 0 Å². The Morgan fingerprint density at radius 2 is 0.576 bits per heavy atom. The largest absolute Gasteiger partial charge is 0.336 e. The molecule has 0 atom stereocenters. The summed E-state index contributed by atoms with van der Waals surface area (Å²) in [5.41, 5.74) is 0. The van der Waals surface area contributed by atoms with Gasteiger partial charge in [0.1, 0.15) is 41.2 Å². The molecule has 200 valence electrons. The Morgan fingerprint density at radius 1 is 0.364 bits per heavy atom. The zero-order valence-corrected chi connectivity index (χ0v) is 30.5. The first-order valence-electron chi connectivity index (χ1n) is 13.3.